The Morgan fingerprint density at radius 1 is 1.18 bits per heavy atom. The summed E-state index contributed by atoms with van der Waals surface area (Å²) in [6.07, 6.45) is 2.73. The van der Waals surface area contributed by atoms with Crippen LogP contribution < -0.4 is 0 Å². The standard InChI is InChI=1S/C13H17ClN2O4S2/c1-2-3-4-5-9-21(17,18)13(16-15)22(19,20)12-8-6-7-11(14)10-12/h6-8,10H,2-5,9H2,1H3. The number of unbranched alkanes of at least 4 members (excludes halogenated alkanes) is 3. The van der Waals surface area contributed by atoms with Gasteiger partial charge in [-0.3, -0.25) is 0 Å². The van der Waals surface area contributed by atoms with Crippen molar-refractivity contribution in [2.45, 2.75) is 37.5 Å². The first kappa shape index (κ1) is 18.8. The van der Waals surface area contributed by atoms with Crippen LogP contribution in [0.25, 0.3) is 5.53 Å². The lowest BCUT2D eigenvalue weighted by Gasteiger charge is -2.03. The molecule has 0 heterocycles. The van der Waals surface area contributed by atoms with Gasteiger partial charge in [0.15, 0.2) is 0 Å². The zero-order valence-corrected chi connectivity index (χ0v) is 14.5. The van der Waals surface area contributed by atoms with Crippen molar-refractivity contribution in [3.63, 3.8) is 0 Å². The average Bonchev–Trinajstić information content (AvgIpc) is 2.44. The van der Waals surface area contributed by atoms with Crippen molar-refractivity contribution in [3.8, 4) is 0 Å². The van der Waals surface area contributed by atoms with Crippen molar-refractivity contribution in [2.24, 2.45) is 0 Å². The van der Waals surface area contributed by atoms with E-state index in [-0.39, 0.29) is 15.7 Å². The highest BCUT2D eigenvalue weighted by Crippen LogP contribution is 2.19. The molecule has 6 nitrogen and oxygen atoms in total. The molecule has 0 bridgehead atoms. The molecule has 0 atom stereocenters. The van der Waals surface area contributed by atoms with Gasteiger partial charge in [-0.2, -0.15) is 0 Å². The molecule has 22 heavy (non-hydrogen) atoms. The van der Waals surface area contributed by atoms with Gasteiger partial charge in [-0.1, -0.05) is 43.9 Å². The molecule has 122 valence electrons. The van der Waals surface area contributed by atoms with E-state index in [4.69, 9.17) is 17.1 Å². The highest BCUT2D eigenvalue weighted by Gasteiger charge is 2.42. The van der Waals surface area contributed by atoms with Gasteiger partial charge >= 0.3 is 4.38 Å². The van der Waals surface area contributed by atoms with Crippen LogP contribution in [0, 0.1) is 0 Å². The van der Waals surface area contributed by atoms with Gasteiger partial charge < -0.3 is 5.53 Å². The fourth-order valence-corrected chi connectivity index (χ4v) is 5.69. The molecule has 0 aliphatic heterocycles. The number of benzene rings is 1. The van der Waals surface area contributed by atoms with Gasteiger partial charge in [-0.25, -0.2) is 16.8 Å². The largest absolute Gasteiger partial charge is 0.499 e. The topological polar surface area (TPSA) is 105 Å². The number of rotatable bonds is 6. The van der Waals surface area contributed by atoms with Crippen LogP contribution in [0.15, 0.2) is 29.2 Å². The van der Waals surface area contributed by atoms with Crippen molar-refractivity contribution in [1.82, 2.24) is 0 Å². The average molecular weight is 365 g/mol. The zero-order valence-electron chi connectivity index (χ0n) is 12.1. The van der Waals surface area contributed by atoms with Crippen molar-refractivity contribution in [3.05, 3.63) is 34.8 Å². The summed E-state index contributed by atoms with van der Waals surface area (Å²) < 4.78 is 47.7. The molecule has 0 saturated heterocycles. The summed E-state index contributed by atoms with van der Waals surface area (Å²) in [5.74, 6) is -0.383. The van der Waals surface area contributed by atoms with Crippen LogP contribution in [-0.2, 0) is 19.7 Å². The third-order valence-electron chi connectivity index (χ3n) is 2.95. The van der Waals surface area contributed by atoms with E-state index in [1.807, 2.05) is 6.92 Å². The van der Waals surface area contributed by atoms with Gasteiger partial charge in [0.2, 0.25) is 0 Å². The van der Waals surface area contributed by atoms with Crippen molar-refractivity contribution >= 4 is 35.7 Å². The van der Waals surface area contributed by atoms with Crippen molar-refractivity contribution in [1.29, 1.82) is 0 Å². The fourth-order valence-electron chi connectivity index (χ4n) is 1.82. The highest BCUT2D eigenvalue weighted by atomic mass is 35.5. The molecular weight excluding hydrogens is 348 g/mol. The molecule has 1 aromatic carbocycles. The van der Waals surface area contributed by atoms with Gasteiger partial charge in [0.25, 0.3) is 19.7 Å². The summed E-state index contributed by atoms with van der Waals surface area (Å²) in [6, 6.07) is 5.13. The minimum Gasteiger partial charge on any atom is -0.359 e. The Bertz CT molecular complexity index is 782. The van der Waals surface area contributed by atoms with Gasteiger partial charge in [0, 0.05) is 5.02 Å². The smallest absolute Gasteiger partial charge is 0.359 e. The summed E-state index contributed by atoms with van der Waals surface area (Å²) in [4.78, 5) is 2.21. The molecule has 0 unspecified atom stereocenters. The number of hydrogen-bond acceptors (Lipinski definition) is 4. The quantitative estimate of drug-likeness (QED) is 0.254. The van der Waals surface area contributed by atoms with E-state index in [0.29, 0.717) is 12.8 Å². The Morgan fingerprint density at radius 2 is 1.86 bits per heavy atom. The second-order valence-electron chi connectivity index (χ2n) is 4.71. The van der Waals surface area contributed by atoms with E-state index in [1.165, 1.54) is 18.2 Å². The van der Waals surface area contributed by atoms with Gasteiger partial charge in [0.05, 0.1) is 10.6 Å². The molecule has 0 N–H and O–H groups in total. The number of sulfone groups is 2. The maximum atomic E-state index is 12.3. The molecule has 9 heteroatoms. The Hall–Kier alpha value is -1.21. The first-order valence-electron chi connectivity index (χ1n) is 6.71. The van der Waals surface area contributed by atoms with Crippen LogP contribution in [0.5, 0.6) is 0 Å². The Kier molecular flexibility index (Phi) is 6.74. The highest BCUT2D eigenvalue weighted by molar-refractivity contribution is 8.31. The Balaban J connectivity index is 3.13. The number of halogens is 1. The summed E-state index contributed by atoms with van der Waals surface area (Å²) >= 11 is 5.72. The molecule has 0 aliphatic rings. The van der Waals surface area contributed by atoms with Crippen molar-refractivity contribution in [2.75, 3.05) is 5.75 Å². The van der Waals surface area contributed by atoms with E-state index < -0.39 is 24.1 Å². The lowest BCUT2D eigenvalue weighted by molar-refractivity contribution is 0.00380. The van der Waals surface area contributed by atoms with E-state index in [2.05, 4.69) is 4.79 Å². The van der Waals surface area contributed by atoms with E-state index >= 15 is 0 Å². The minimum absolute atomic E-state index is 0.138. The van der Waals surface area contributed by atoms with E-state index in [1.54, 1.807) is 0 Å². The summed E-state index contributed by atoms with van der Waals surface area (Å²) in [6.45, 7) is 1.97. The molecule has 0 aromatic heterocycles. The minimum atomic E-state index is -4.45. The van der Waals surface area contributed by atoms with Crippen LogP contribution in [0.2, 0.25) is 5.02 Å². The first-order chi connectivity index (χ1) is 10.3. The van der Waals surface area contributed by atoms with Gasteiger partial charge in [-0.15, -0.1) is 4.79 Å². The van der Waals surface area contributed by atoms with E-state index in [0.717, 1.165) is 18.9 Å². The van der Waals surface area contributed by atoms with Gasteiger partial charge in [0.1, 0.15) is 0 Å². The molecule has 0 aliphatic carbocycles. The van der Waals surface area contributed by atoms with Crippen LogP contribution in [0.1, 0.15) is 32.6 Å². The maximum Gasteiger partial charge on any atom is 0.499 e. The summed E-state index contributed by atoms with van der Waals surface area (Å²) in [5, 5.41) is 0.138. The molecule has 1 aromatic rings. The monoisotopic (exact) mass is 364 g/mol. The fraction of sp³-hybridized carbons (Fsp3) is 0.462. The zero-order chi connectivity index (χ0) is 16.8. The van der Waals surface area contributed by atoms with Gasteiger partial charge in [-0.05, 0) is 24.6 Å². The predicted octanol–water partition coefficient (Wildman–Crippen LogP) is 2.69. The second kappa shape index (κ2) is 7.87. The summed E-state index contributed by atoms with van der Waals surface area (Å²) in [5.41, 5.74) is 8.93. The number of nitrogens with zero attached hydrogens (tertiary/aromatic N) is 2. The number of hydrogen-bond donors (Lipinski definition) is 0. The predicted molar refractivity (Wildman–Crippen MR) is 85.2 cm³/mol. The third kappa shape index (κ3) is 4.64. The Morgan fingerprint density at radius 3 is 2.41 bits per heavy atom. The van der Waals surface area contributed by atoms with Crippen LogP contribution in [0.3, 0.4) is 0 Å². The normalized spacial score (nSPS) is 11.9. The first-order valence-corrected chi connectivity index (χ1v) is 10.2. The lowest BCUT2D eigenvalue weighted by atomic mass is 10.2. The van der Waals surface area contributed by atoms with Crippen molar-refractivity contribution < 1.29 is 21.6 Å². The SMILES string of the molecule is CCCCCCS(=O)(=O)C(=[N+]=[N-])S(=O)(=O)c1cccc(Cl)c1. The molecule has 1 rings (SSSR count). The van der Waals surface area contributed by atoms with Crippen LogP contribution in [0.4, 0.5) is 0 Å². The molecule has 0 radical (unpaired) electrons. The van der Waals surface area contributed by atoms with Crippen LogP contribution >= 0.6 is 11.6 Å². The Labute approximate surface area is 135 Å². The van der Waals surface area contributed by atoms with E-state index in [9.17, 15) is 16.8 Å². The maximum absolute atomic E-state index is 12.3. The lowest BCUT2D eigenvalue weighted by Crippen LogP contribution is -2.28. The molecule has 0 fully saturated rings. The summed E-state index contributed by atoms with van der Waals surface area (Å²) in [7, 11) is -8.65. The second-order valence-corrected chi connectivity index (χ2v) is 9.29. The molecule has 0 amide bonds. The molecule has 0 spiro atoms. The van der Waals surface area contributed by atoms with Crippen LogP contribution in [-0.4, -0.2) is 31.8 Å². The third-order valence-corrected chi connectivity index (χ3v) is 7.46. The molecular formula is C13H17ClN2O4S2. The molecule has 0 saturated carbocycles.